The van der Waals surface area contributed by atoms with Crippen LogP contribution in [0.4, 0.5) is 5.69 Å². The zero-order valence-corrected chi connectivity index (χ0v) is 15.6. The van der Waals surface area contributed by atoms with Gasteiger partial charge in [0.1, 0.15) is 11.5 Å². The molecule has 0 aliphatic carbocycles. The van der Waals surface area contributed by atoms with Gasteiger partial charge in [-0.1, -0.05) is 15.9 Å². The lowest BCUT2D eigenvalue weighted by Crippen LogP contribution is -2.04. The Balaban J connectivity index is 2.22. The summed E-state index contributed by atoms with van der Waals surface area (Å²) in [7, 11) is 1.53. The number of phenols is 1. The molecule has 0 saturated heterocycles. The monoisotopic (exact) mass is 437 g/mol. The van der Waals surface area contributed by atoms with Crippen LogP contribution in [0, 0.1) is 6.92 Å². The van der Waals surface area contributed by atoms with Crippen LogP contribution in [0.5, 0.6) is 11.5 Å². The zero-order chi connectivity index (χ0) is 16.7. The zero-order valence-electron chi connectivity index (χ0n) is 12.4. The number of fused-ring (bicyclic) bond motifs is 1. The van der Waals surface area contributed by atoms with Crippen molar-refractivity contribution in [3.63, 3.8) is 0 Å². The third kappa shape index (κ3) is 2.88. The van der Waals surface area contributed by atoms with Crippen LogP contribution < -0.4 is 10.1 Å². The molecule has 2 aromatic carbocycles. The Hall–Kier alpha value is -1.79. The van der Waals surface area contributed by atoms with Gasteiger partial charge in [0.25, 0.3) is 5.91 Å². The number of hydrogen-bond acceptors (Lipinski definition) is 3. The molecule has 6 heteroatoms. The number of rotatable bonds is 2. The maximum Gasteiger partial charge on any atom is 0.256 e. The Morgan fingerprint density at radius 1 is 1.22 bits per heavy atom. The molecule has 2 aromatic rings. The second kappa shape index (κ2) is 6.02. The first-order chi connectivity index (χ1) is 10.9. The summed E-state index contributed by atoms with van der Waals surface area (Å²) in [6.45, 7) is 1.87. The van der Waals surface area contributed by atoms with E-state index in [9.17, 15) is 9.90 Å². The third-order valence-corrected chi connectivity index (χ3v) is 4.68. The van der Waals surface area contributed by atoms with E-state index in [4.69, 9.17) is 4.74 Å². The van der Waals surface area contributed by atoms with E-state index in [-0.39, 0.29) is 11.7 Å². The Morgan fingerprint density at radius 2 is 1.96 bits per heavy atom. The number of hydrogen-bond donors (Lipinski definition) is 2. The van der Waals surface area contributed by atoms with Crippen molar-refractivity contribution < 1.29 is 14.6 Å². The standard InChI is InChI=1S/C17H13Br2NO3/c1-8-3-14(21)12(15(4-8)23-2)7-11-10-5-9(18)6-13(19)16(10)20-17(11)22/h3-7,21H,1-2H3,(H,20,22). The Kier molecular flexibility index (Phi) is 4.21. The van der Waals surface area contributed by atoms with E-state index in [1.54, 1.807) is 12.1 Å². The largest absolute Gasteiger partial charge is 0.507 e. The Bertz CT molecular complexity index is 859. The average molecular weight is 439 g/mol. The van der Waals surface area contributed by atoms with Crippen molar-refractivity contribution in [2.24, 2.45) is 0 Å². The maximum absolute atomic E-state index is 12.3. The number of aromatic hydroxyl groups is 1. The molecule has 1 amide bonds. The summed E-state index contributed by atoms with van der Waals surface area (Å²) in [5.74, 6) is 0.371. The summed E-state index contributed by atoms with van der Waals surface area (Å²) in [5, 5.41) is 13.1. The Labute approximate surface area is 150 Å². The highest BCUT2D eigenvalue weighted by atomic mass is 79.9. The molecule has 118 valence electrons. The van der Waals surface area contributed by atoms with Crippen LogP contribution in [-0.4, -0.2) is 18.1 Å². The molecule has 0 aromatic heterocycles. The van der Waals surface area contributed by atoms with Gasteiger partial charge < -0.3 is 15.2 Å². The van der Waals surface area contributed by atoms with Crippen LogP contribution in [-0.2, 0) is 4.79 Å². The molecule has 0 fully saturated rings. The number of ether oxygens (including phenoxy) is 1. The number of halogens is 2. The highest BCUT2D eigenvalue weighted by molar-refractivity contribution is 9.11. The number of anilines is 1. The van der Waals surface area contributed by atoms with Crippen molar-refractivity contribution in [3.05, 3.63) is 49.9 Å². The van der Waals surface area contributed by atoms with E-state index in [1.165, 1.54) is 7.11 Å². The van der Waals surface area contributed by atoms with Gasteiger partial charge in [0.05, 0.1) is 18.4 Å². The topological polar surface area (TPSA) is 58.6 Å². The van der Waals surface area contributed by atoms with Gasteiger partial charge in [-0.05, 0) is 58.8 Å². The molecule has 23 heavy (non-hydrogen) atoms. The second-order valence-corrected chi connectivity index (χ2v) is 6.99. The summed E-state index contributed by atoms with van der Waals surface area (Å²) >= 11 is 6.88. The number of carbonyl (C=O) groups is 1. The smallest absolute Gasteiger partial charge is 0.256 e. The number of nitrogens with one attached hydrogen (secondary N) is 1. The molecule has 0 atom stereocenters. The Morgan fingerprint density at radius 3 is 2.65 bits per heavy atom. The lowest BCUT2D eigenvalue weighted by atomic mass is 10.0. The highest BCUT2D eigenvalue weighted by Gasteiger charge is 2.27. The van der Waals surface area contributed by atoms with Gasteiger partial charge in [-0.15, -0.1) is 0 Å². The van der Waals surface area contributed by atoms with Crippen LogP contribution in [0.15, 0.2) is 33.2 Å². The van der Waals surface area contributed by atoms with Crippen molar-refractivity contribution in [2.75, 3.05) is 12.4 Å². The van der Waals surface area contributed by atoms with Crippen LogP contribution in [0.3, 0.4) is 0 Å². The fraction of sp³-hybridized carbons (Fsp3) is 0.118. The molecular formula is C17H13Br2NO3. The van der Waals surface area contributed by atoms with E-state index in [1.807, 2.05) is 25.1 Å². The van der Waals surface area contributed by atoms with Gasteiger partial charge in [0.15, 0.2) is 0 Å². The van der Waals surface area contributed by atoms with E-state index >= 15 is 0 Å². The number of benzene rings is 2. The van der Waals surface area contributed by atoms with Crippen molar-refractivity contribution in [1.82, 2.24) is 0 Å². The molecule has 0 spiro atoms. The SMILES string of the molecule is COc1cc(C)cc(O)c1C=C1C(=O)Nc2c(Br)cc(Br)cc21. The number of aryl methyl sites for hydroxylation is 1. The molecule has 4 nitrogen and oxygen atoms in total. The van der Waals surface area contributed by atoms with E-state index in [2.05, 4.69) is 37.2 Å². The number of carbonyl (C=O) groups excluding carboxylic acids is 1. The normalized spacial score (nSPS) is 14.8. The predicted molar refractivity (Wildman–Crippen MR) is 97.7 cm³/mol. The third-order valence-electron chi connectivity index (χ3n) is 3.60. The van der Waals surface area contributed by atoms with Gasteiger partial charge in [-0.3, -0.25) is 4.79 Å². The van der Waals surface area contributed by atoms with Gasteiger partial charge in [-0.25, -0.2) is 0 Å². The first kappa shape index (κ1) is 16.1. The maximum atomic E-state index is 12.3. The number of methoxy groups -OCH3 is 1. The van der Waals surface area contributed by atoms with Gasteiger partial charge in [0, 0.05) is 20.1 Å². The number of amides is 1. The molecule has 1 aliphatic heterocycles. The summed E-state index contributed by atoms with van der Waals surface area (Å²) < 4.78 is 6.98. The molecule has 3 rings (SSSR count). The molecule has 2 N–H and O–H groups in total. The van der Waals surface area contributed by atoms with Gasteiger partial charge in [0.2, 0.25) is 0 Å². The summed E-state index contributed by atoms with van der Waals surface area (Å²) in [4.78, 5) is 12.3. The lowest BCUT2D eigenvalue weighted by Gasteiger charge is -2.09. The molecule has 0 unspecified atom stereocenters. The lowest BCUT2D eigenvalue weighted by molar-refractivity contribution is -0.110. The fourth-order valence-electron chi connectivity index (χ4n) is 2.56. The van der Waals surface area contributed by atoms with Gasteiger partial charge in [-0.2, -0.15) is 0 Å². The fourth-order valence-corrected chi connectivity index (χ4v) is 3.89. The minimum absolute atomic E-state index is 0.0738. The van der Waals surface area contributed by atoms with Crippen LogP contribution in [0.2, 0.25) is 0 Å². The molecular weight excluding hydrogens is 426 g/mol. The minimum Gasteiger partial charge on any atom is -0.507 e. The van der Waals surface area contributed by atoms with Crippen LogP contribution in [0.1, 0.15) is 16.7 Å². The minimum atomic E-state index is -0.221. The van der Waals surface area contributed by atoms with Crippen molar-refractivity contribution in [3.8, 4) is 11.5 Å². The van der Waals surface area contributed by atoms with Crippen LogP contribution >= 0.6 is 31.9 Å². The summed E-state index contributed by atoms with van der Waals surface area (Å²) in [6.07, 6.45) is 1.65. The van der Waals surface area contributed by atoms with E-state index in [0.717, 1.165) is 25.8 Å². The molecule has 1 aliphatic rings. The van der Waals surface area contributed by atoms with Crippen molar-refractivity contribution in [1.29, 1.82) is 0 Å². The van der Waals surface area contributed by atoms with Gasteiger partial charge >= 0.3 is 0 Å². The van der Waals surface area contributed by atoms with Crippen LogP contribution in [0.25, 0.3) is 11.6 Å². The van der Waals surface area contributed by atoms with Crippen molar-refractivity contribution in [2.45, 2.75) is 6.92 Å². The molecule has 0 radical (unpaired) electrons. The highest BCUT2D eigenvalue weighted by Crippen LogP contribution is 2.42. The van der Waals surface area contributed by atoms with E-state index in [0.29, 0.717) is 16.9 Å². The van der Waals surface area contributed by atoms with Crippen molar-refractivity contribution >= 4 is 55.1 Å². The summed E-state index contributed by atoms with van der Waals surface area (Å²) in [6, 6.07) is 7.18. The first-order valence-electron chi connectivity index (χ1n) is 6.80. The predicted octanol–water partition coefficient (Wildman–Crippen LogP) is 4.73. The molecule has 1 heterocycles. The van der Waals surface area contributed by atoms with E-state index < -0.39 is 0 Å². The second-order valence-electron chi connectivity index (χ2n) is 5.22. The first-order valence-corrected chi connectivity index (χ1v) is 8.39. The molecule has 0 saturated carbocycles. The quantitative estimate of drug-likeness (QED) is 0.666. The average Bonchev–Trinajstić information content (AvgIpc) is 2.78. The number of phenolic OH excluding ortho intramolecular Hbond substituents is 1. The summed E-state index contributed by atoms with van der Waals surface area (Å²) in [5.41, 5.74) is 3.31. The molecule has 0 bridgehead atoms.